The Kier molecular flexibility index (Phi) is 6.46. The number of allylic oxidation sites excluding steroid dienone is 1. The number of anilines is 2. The van der Waals surface area contributed by atoms with Gasteiger partial charge in [-0.25, -0.2) is 4.68 Å². The lowest BCUT2D eigenvalue weighted by Crippen LogP contribution is -2.31. The molecule has 1 amide bonds. The summed E-state index contributed by atoms with van der Waals surface area (Å²) >= 11 is 0. The summed E-state index contributed by atoms with van der Waals surface area (Å²) in [7, 11) is 4.73. The number of ether oxygens (including phenoxy) is 3. The van der Waals surface area contributed by atoms with Gasteiger partial charge in [-0.05, 0) is 55.0 Å². The molecule has 0 saturated heterocycles. The Bertz CT molecular complexity index is 1480. The summed E-state index contributed by atoms with van der Waals surface area (Å²) in [6.07, 6.45) is 3.38. The Hall–Kier alpha value is -4.86. The van der Waals surface area contributed by atoms with Crippen molar-refractivity contribution in [3.8, 4) is 28.6 Å². The highest BCUT2D eigenvalue weighted by atomic mass is 16.5. The number of methoxy groups -OCH3 is 3. The van der Waals surface area contributed by atoms with E-state index in [9.17, 15) is 4.79 Å². The Morgan fingerprint density at radius 3 is 2.41 bits per heavy atom. The molecule has 37 heavy (non-hydrogen) atoms. The molecule has 2 aromatic carbocycles. The molecule has 0 bridgehead atoms. The molecular weight excluding hydrogens is 472 g/mol. The van der Waals surface area contributed by atoms with E-state index in [4.69, 9.17) is 24.3 Å². The second-order valence-corrected chi connectivity index (χ2v) is 8.27. The number of rotatable bonds is 7. The van der Waals surface area contributed by atoms with Crippen molar-refractivity contribution in [2.24, 2.45) is 0 Å². The highest BCUT2D eigenvalue weighted by molar-refractivity contribution is 6.06. The lowest BCUT2D eigenvalue weighted by molar-refractivity contribution is -0.113. The Labute approximate surface area is 213 Å². The summed E-state index contributed by atoms with van der Waals surface area (Å²) in [5, 5.41) is 11.0. The van der Waals surface area contributed by atoms with Crippen LogP contribution in [0.4, 0.5) is 11.6 Å². The van der Waals surface area contributed by atoms with E-state index in [1.54, 1.807) is 56.6 Å². The second kappa shape index (κ2) is 10.0. The third-order valence-electron chi connectivity index (χ3n) is 6.12. The highest BCUT2D eigenvalue weighted by Gasteiger charge is 2.34. The molecule has 0 fully saturated rings. The van der Waals surface area contributed by atoms with Gasteiger partial charge in [0.25, 0.3) is 5.91 Å². The lowest BCUT2D eigenvalue weighted by Gasteiger charge is -2.28. The lowest BCUT2D eigenvalue weighted by atomic mass is 9.96. The zero-order valence-electron chi connectivity index (χ0n) is 20.9. The number of amides is 1. The van der Waals surface area contributed by atoms with Crippen LogP contribution in [0.15, 0.2) is 78.3 Å². The van der Waals surface area contributed by atoms with Gasteiger partial charge in [0, 0.05) is 23.7 Å². The molecule has 2 aromatic heterocycles. The molecule has 10 heteroatoms. The molecule has 10 nitrogen and oxygen atoms in total. The number of fused-ring (bicyclic) bond motifs is 1. The van der Waals surface area contributed by atoms with Crippen LogP contribution in [0.5, 0.6) is 17.2 Å². The number of benzene rings is 2. The maximum Gasteiger partial charge on any atom is 0.255 e. The Balaban J connectivity index is 1.58. The minimum atomic E-state index is -0.546. The van der Waals surface area contributed by atoms with Crippen LogP contribution < -0.4 is 24.8 Å². The van der Waals surface area contributed by atoms with E-state index >= 15 is 0 Å². The number of carbonyl (C=O) groups is 1. The zero-order chi connectivity index (χ0) is 25.9. The minimum absolute atomic E-state index is 0.287. The number of para-hydroxylation sites is 2. The van der Waals surface area contributed by atoms with Crippen LogP contribution in [0.1, 0.15) is 18.5 Å². The Morgan fingerprint density at radius 2 is 1.68 bits per heavy atom. The number of nitrogens with zero attached hydrogens (tertiary/aromatic N) is 4. The SMILES string of the molecule is COc1ccccc1NC(=O)C1=C(C)Nc2nc(-c3ccc(OC)c(OC)c3)nn2[C@@H]1c1ccncc1. The normalized spacial score (nSPS) is 14.4. The standard InChI is InChI=1S/C27H26N6O4/c1-16-23(26(34)30-19-7-5-6-8-20(19)35-2)24(17-11-13-28-14-12-17)33-27(29-16)31-25(32-33)18-9-10-21(36-3)22(15-18)37-4/h5-15,24H,1-4H3,(H,30,34)(H,29,31,32)/t24-/m1/s1. The monoisotopic (exact) mass is 498 g/mol. The third kappa shape index (κ3) is 4.44. The highest BCUT2D eigenvalue weighted by Crippen LogP contribution is 2.38. The average Bonchev–Trinajstić information content (AvgIpc) is 3.36. The van der Waals surface area contributed by atoms with E-state index < -0.39 is 6.04 Å². The first-order chi connectivity index (χ1) is 18.0. The van der Waals surface area contributed by atoms with Gasteiger partial charge in [0.2, 0.25) is 5.95 Å². The predicted octanol–water partition coefficient (Wildman–Crippen LogP) is 4.29. The van der Waals surface area contributed by atoms with Gasteiger partial charge in [0.05, 0.1) is 32.6 Å². The smallest absolute Gasteiger partial charge is 0.255 e. The first-order valence-electron chi connectivity index (χ1n) is 11.5. The van der Waals surface area contributed by atoms with Gasteiger partial charge in [0.1, 0.15) is 11.8 Å². The van der Waals surface area contributed by atoms with E-state index in [1.165, 1.54) is 0 Å². The molecule has 188 valence electrons. The second-order valence-electron chi connectivity index (χ2n) is 8.27. The van der Waals surface area contributed by atoms with Crippen LogP contribution in [0.2, 0.25) is 0 Å². The fourth-order valence-corrected chi connectivity index (χ4v) is 4.33. The van der Waals surface area contributed by atoms with Crippen molar-refractivity contribution in [2.45, 2.75) is 13.0 Å². The van der Waals surface area contributed by atoms with Crippen molar-refractivity contribution in [3.63, 3.8) is 0 Å². The van der Waals surface area contributed by atoms with Gasteiger partial charge in [-0.3, -0.25) is 9.78 Å². The largest absolute Gasteiger partial charge is 0.495 e. The maximum atomic E-state index is 13.7. The molecular formula is C27H26N6O4. The molecule has 0 saturated carbocycles. The van der Waals surface area contributed by atoms with Crippen LogP contribution in [0.3, 0.4) is 0 Å². The Morgan fingerprint density at radius 1 is 0.946 bits per heavy atom. The van der Waals surface area contributed by atoms with E-state index in [1.807, 2.05) is 43.3 Å². The van der Waals surface area contributed by atoms with Crippen molar-refractivity contribution in [1.29, 1.82) is 0 Å². The van der Waals surface area contributed by atoms with Crippen molar-refractivity contribution in [1.82, 2.24) is 19.7 Å². The molecule has 0 aliphatic carbocycles. The van der Waals surface area contributed by atoms with Crippen LogP contribution in [-0.4, -0.2) is 47.0 Å². The molecule has 1 atom stereocenters. The molecule has 5 rings (SSSR count). The van der Waals surface area contributed by atoms with Crippen LogP contribution in [-0.2, 0) is 4.79 Å². The number of pyridine rings is 1. The third-order valence-corrected chi connectivity index (χ3v) is 6.12. The number of hydrogen-bond acceptors (Lipinski definition) is 8. The summed E-state index contributed by atoms with van der Waals surface area (Å²) in [6.45, 7) is 1.85. The average molecular weight is 499 g/mol. The molecule has 0 spiro atoms. The molecule has 1 aliphatic rings. The minimum Gasteiger partial charge on any atom is -0.495 e. The molecule has 3 heterocycles. The van der Waals surface area contributed by atoms with Gasteiger partial charge in [-0.15, -0.1) is 5.10 Å². The van der Waals surface area contributed by atoms with Crippen LogP contribution >= 0.6 is 0 Å². The van der Waals surface area contributed by atoms with E-state index in [2.05, 4.69) is 15.6 Å². The summed E-state index contributed by atoms with van der Waals surface area (Å²) in [4.78, 5) is 22.6. The quantitative estimate of drug-likeness (QED) is 0.388. The molecule has 4 aromatic rings. The number of aromatic nitrogens is 4. The van der Waals surface area contributed by atoms with Crippen molar-refractivity contribution >= 4 is 17.5 Å². The van der Waals surface area contributed by atoms with Crippen molar-refractivity contribution in [3.05, 3.63) is 83.8 Å². The summed E-state index contributed by atoms with van der Waals surface area (Å²) in [5.41, 5.74) is 3.30. The van der Waals surface area contributed by atoms with Crippen LogP contribution in [0.25, 0.3) is 11.4 Å². The van der Waals surface area contributed by atoms with Gasteiger partial charge < -0.3 is 24.8 Å². The van der Waals surface area contributed by atoms with Gasteiger partial charge in [-0.1, -0.05) is 12.1 Å². The molecule has 2 N–H and O–H groups in total. The number of hydrogen-bond donors (Lipinski definition) is 2. The first kappa shape index (κ1) is 23.9. The van der Waals surface area contributed by atoms with E-state index in [-0.39, 0.29) is 5.91 Å². The topological polar surface area (TPSA) is 112 Å². The maximum absolute atomic E-state index is 13.7. The summed E-state index contributed by atoms with van der Waals surface area (Å²) in [5.74, 6) is 2.44. The fourth-order valence-electron chi connectivity index (χ4n) is 4.33. The molecule has 0 unspecified atom stereocenters. The van der Waals surface area contributed by atoms with Gasteiger partial charge in [0.15, 0.2) is 17.3 Å². The van der Waals surface area contributed by atoms with Crippen molar-refractivity contribution < 1.29 is 19.0 Å². The number of carbonyl (C=O) groups excluding carboxylic acids is 1. The fraction of sp³-hybridized carbons (Fsp3) is 0.185. The number of nitrogens with one attached hydrogen (secondary N) is 2. The van der Waals surface area contributed by atoms with E-state index in [0.717, 1.165) is 11.1 Å². The zero-order valence-corrected chi connectivity index (χ0v) is 20.9. The van der Waals surface area contributed by atoms with Gasteiger partial charge >= 0.3 is 0 Å². The summed E-state index contributed by atoms with van der Waals surface area (Å²) in [6, 6.07) is 15.9. The predicted molar refractivity (Wildman–Crippen MR) is 139 cm³/mol. The molecule has 0 radical (unpaired) electrons. The van der Waals surface area contributed by atoms with Gasteiger partial charge in [-0.2, -0.15) is 4.98 Å². The first-order valence-corrected chi connectivity index (χ1v) is 11.5. The van der Waals surface area contributed by atoms with Crippen LogP contribution in [0, 0.1) is 0 Å². The van der Waals surface area contributed by atoms with Crippen molar-refractivity contribution in [2.75, 3.05) is 32.0 Å². The van der Waals surface area contributed by atoms with E-state index in [0.29, 0.717) is 46.0 Å². The summed E-state index contributed by atoms with van der Waals surface area (Å²) < 4.78 is 17.9. The molecule has 1 aliphatic heterocycles.